The fraction of sp³-hybridized carbons (Fsp3) is 0.583. The van der Waals surface area contributed by atoms with Crippen molar-refractivity contribution in [3.05, 3.63) is 0 Å². The van der Waals surface area contributed by atoms with E-state index in [1.807, 2.05) is 0 Å². The zero-order chi connectivity index (χ0) is 19.9. The van der Waals surface area contributed by atoms with Crippen LogP contribution in [-0.4, -0.2) is 95.9 Å². The second-order valence-corrected chi connectivity index (χ2v) is 4.90. The van der Waals surface area contributed by atoms with Gasteiger partial charge in [-0.3, -0.25) is 14.4 Å². The summed E-state index contributed by atoms with van der Waals surface area (Å²) >= 11 is 0. The molecule has 4 atom stereocenters. The smallest absolute Gasteiger partial charge is 0.375 e. The van der Waals surface area contributed by atoms with E-state index in [1.54, 1.807) is 0 Å². The largest absolute Gasteiger partial charge is 0.481 e. The molecule has 0 rings (SSSR count). The minimum absolute atomic E-state index is 1.18. The van der Waals surface area contributed by atoms with Gasteiger partial charge in [0.15, 0.2) is 17.8 Å². The van der Waals surface area contributed by atoms with Crippen molar-refractivity contribution in [1.29, 1.82) is 0 Å². The molecule has 0 heterocycles. The van der Waals surface area contributed by atoms with Gasteiger partial charge in [-0.15, -0.1) is 0 Å². The Bertz CT molecular complexity index is 555. The Kier molecular flexibility index (Phi) is 8.08. The first kappa shape index (κ1) is 22.4. The number of carboxylic acids is 3. The lowest BCUT2D eigenvalue weighted by atomic mass is 9.95. The third-order valence-corrected chi connectivity index (χ3v) is 2.90. The fourth-order valence-electron chi connectivity index (χ4n) is 1.63. The van der Waals surface area contributed by atoms with Crippen LogP contribution < -0.4 is 0 Å². The van der Waals surface area contributed by atoms with Crippen LogP contribution in [0.1, 0.15) is 12.8 Å². The second kappa shape index (κ2) is 9.03. The van der Waals surface area contributed by atoms with Crippen LogP contribution in [-0.2, 0) is 28.7 Å². The molecule has 0 aromatic heterocycles. The summed E-state index contributed by atoms with van der Waals surface area (Å²) in [6.45, 7) is -1.18. The predicted octanol–water partition coefficient (Wildman–Crippen LogP) is -4.05. The van der Waals surface area contributed by atoms with E-state index in [4.69, 9.17) is 20.4 Å². The van der Waals surface area contributed by atoms with Crippen molar-refractivity contribution < 1.29 is 64.5 Å². The van der Waals surface area contributed by atoms with Crippen molar-refractivity contribution in [3.63, 3.8) is 0 Å². The lowest BCUT2D eigenvalue weighted by Crippen LogP contribution is -2.50. The molecule has 0 saturated heterocycles. The number of aliphatic hydroxyl groups excluding tert-OH is 3. The van der Waals surface area contributed by atoms with Crippen LogP contribution in [0.15, 0.2) is 0 Å². The zero-order valence-corrected chi connectivity index (χ0v) is 12.4. The molecule has 0 aliphatic rings. The Labute approximate surface area is 138 Å². The number of Topliss-reactive ketones (excluding diaryl/α,β-unsaturated/α-hetero) is 1. The molecule has 0 spiro atoms. The van der Waals surface area contributed by atoms with Gasteiger partial charge in [0.1, 0.15) is 6.10 Å². The number of aliphatic hydroxyl groups is 4. The number of esters is 1. The molecular weight excluding hydrogens is 352 g/mol. The number of aliphatic carboxylic acids is 3. The number of carboxylic acid groups (broad SMARTS) is 3. The van der Waals surface area contributed by atoms with Gasteiger partial charge in [0.05, 0.1) is 19.4 Å². The maximum absolute atomic E-state index is 11.7. The summed E-state index contributed by atoms with van der Waals surface area (Å²) in [5, 5.41) is 63.2. The molecule has 142 valence electrons. The Morgan fingerprint density at radius 3 is 1.84 bits per heavy atom. The molecule has 0 aromatic carbocycles. The third kappa shape index (κ3) is 6.42. The van der Waals surface area contributed by atoms with E-state index < -0.39 is 73.0 Å². The van der Waals surface area contributed by atoms with E-state index in [9.17, 15) is 39.3 Å². The van der Waals surface area contributed by atoms with Crippen LogP contribution in [0, 0.1) is 0 Å². The highest BCUT2D eigenvalue weighted by Crippen LogP contribution is 2.19. The van der Waals surface area contributed by atoms with E-state index in [0.29, 0.717) is 0 Å². The summed E-state index contributed by atoms with van der Waals surface area (Å²) in [6, 6.07) is 0. The normalized spacial score (nSPS) is 16.8. The third-order valence-electron chi connectivity index (χ3n) is 2.90. The fourth-order valence-corrected chi connectivity index (χ4v) is 1.63. The van der Waals surface area contributed by atoms with Gasteiger partial charge in [0.2, 0.25) is 0 Å². The molecule has 0 aromatic rings. The Morgan fingerprint density at radius 1 is 0.960 bits per heavy atom. The summed E-state index contributed by atoms with van der Waals surface area (Å²) in [5.41, 5.74) is -3.10. The summed E-state index contributed by atoms with van der Waals surface area (Å²) in [5.74, 6) is -9.59. The number of rotatable bonds is 11. The highest BCUT2D eigenvalue weighted by atomic mass is 16.6. The van der Waals surface area contributed by atoms with Crippen molar-refractivity contribution in [2.24, 2.45) is 0 Å². The van der Waals surface area contributed by atoms with Gasteiger partial charge in [-0.2, -0.15) is 0 Å². The molecule has 25 heavy (non-hydrogen) atoms. The SMILES string of the molecule is O=C(O)CC(O)(CC(=O)O[C@@H](C(O)C(=O)C(=O)O)[C@H](O)CO)C(=O)O. The minimum Gasteiger partial charge on any atom is -0.481 e. The maximum atomic E-state index is 11.7. The first-order valence-electron chi connectivity index (χ1n) is 6.47. The van der Waals surface area contributed by atoms with Gasteiger partial charge in [-0.05, 0) is 0 Å². The van der Waals surface area contributed by atoms with Crippen LogP contribution in [0.4, 0.5) is 0 Å². The van der Waals surface area contributed by atoms with E-state index in [1.165, 1.54) is 0 Å². The molecule has 0 fully saturated rings. The standard InChI is InChI=1S/C12H16O13/c13-3-4(14)9(7(18)8(19)10(20)21)25-6(17)2-12(24,11(22)23)1-5(15)16/h4,7,9,13-14,18,24H,1-3H2,(H,15,16)(H,20,21)(H,22,23)/t4-,7?,9-,12?/m1/s1. The molecule has 7 N–H and O–H groups in total. The molecule has 0 aliphatic carbocycles. The predicted molar refractivity (Wildman–Crippen MR) is 71.1 cm³/mol. The number of ether oxygens (including phenoxy) is 1. The quantitative estimate of drug-likeness (QED) is 0.136. The topological polar surface area (TPSA) is 236 Å². The molecule has 0 aliphatic heterocycles. The molecule has 0 radical (unpaired) electrons. The van der Waals surface area contributed by atoms with E-state index in [-0.39, 0.29) is 0 Å². The lowest BCUT2D eigenvalue weighted by Gasteiger charge is -2.26. The van der Waals surface area contributed by atoms with E-state index in [2.05, 4.69) is 4.74 Å². The van der Waals surface area contributed by atoms with Gasteiger partial charge < -0.3 is 40.5 Å². The number of carbonyl (C=O) groups is 5. The van der Waals surface area contributed by atoms with Crippen molar-refractivity contribution in [3.8, 4) is 0 Å². The average Bonchev–Trinajstić information content (AvgIpc) is 2.49. The Hall–Kier alpha value is -2.61. The van der Waals surface area contributed by atoms with Crippen LogP contribution in [0.5, 0.6) is 0 Å². The van der Waals surface area contributed by atoms with Crippen molar-refractivity contribution in [1.82, 2.24) is 0 Å². The number of ketones is 1. The zero-order valence-electron chi connectivity index (χ0n) is 12.4. The second-order valence-electron chi connectivity index (χ2n) is 4.90. The monoisotopic (exact) mass is 368 g/mol. The van der Waals surface area contributed by atoms with Crippen molar-refractivity contribution >= 4 is 29.7 Å². The van der Waals surface area contributed by atoms with Gasteiger partial charge >= 0.3 is 23.9 Å². The molecule has 13 heteroatoms. The first-order valence-corrected chi connectivity index (χ1v) is 6.47. The molecule has 0 amide bonds. The first-order chi connectivity index (χ1) is 11.4. The highest BCUT2D eigenvalue weighted by Gasteiger charge is 2.44. The molecule has 2 unspecified atom stereocenters. The number of hydrogen-bond acceptors (Lipinski definition) is 10. The van der Waals surface area contributed by atoms with E-state index >= 15 is 0 Å². The van der Waals surface area contributed by atoms with Crippen LogP contribution in [0.2, 0.25) is 0 Å². The summed E-state index contributed by atoms with van der Waals surface area (Å²) in [7, 11) is 0. The Morgan fingerprint density at radius 2 is 1.48 bits per heavy atom. The van der Waals surface area contributed by atoms with Crippen LogP contribution in [0.25, 0.3) is 0 Å². The highest BCUT2D eigenvalue weighted by molar-refractivity contribution is 6.34. The summed E-state index contributed by atoms with van der Waals surface area (Å²) < 4.78 is 4.36. The molecule has 0 saturated carbocycles. The number of carbonyl (C=O) groups excluding carboxylic acids is 2. The van der Waals surface area contributed by atoms with Crippen LogP contribution >= 0.6 is 0 Å². The van der Waals surface area contributed by atoms with Crippen LogP contribution in [0.3, 0.4) is 0 Å². The summed E-state index contributed by atoms with van der Waals surface area (Å²) in [4.78, 5) is 54.8. The molecular formula is C12H16O13. The molecule has 0 bridgehead atoms. The van der Waals surface area contributed by atoms with E-state index in [0.717, 1.165) is 0 Å². The Balaban J connectivity index is 5.33. The lowest BCUT2D eigenvalue weighted by molar-refractivity contribution is -0.183. The average molecular weight is 368 g/mol. The van der Waals surface area contributed by atoms with Gasteiger partial charge in [-0.25, -0.2) is 9.59 Å². The van der Waals surface area contributed by atoms with Crippen molar-refractivity contribution in [2.75, 3.05) is 6.61 Å². The minimum atomic E-state index is -3.10. The van der Waals surface area contributed by atoms with Crippen molar-refractivity contribution in [2.45, 2.75) is 36.8 Å². The number of hydrogen-bond donors (Lipinski definition) is 7. The summed E-state index contributed by atoms with van der Waals surface area (Å²) in [6.07, 6.45) is -9.90. The van der Waals surface area contributed by atoms with Gasteiger partial charge in [0, 0.05) is 0 Å². The molecule has 13 nitrogen and oxygen atoms in total. The maximum Gasteiger partial charge on any atom is 0.375 e. The van der Waals surface area contributed by atoms with Gasteiger partial charge in [-0.1, -0.05) is 0 Å². The van der Waals surface area contributed by atoms with Gasteiger partial charge in [0.25, 0.3) is 5.78 Å².